The van der Waals surface area contributed by atoms with Crippen LogP contribution in [0, 0.1) is 35.5 Å². The molecule has 0 heterocycles. The number of hydrogen-bond donors (Lipinski definition) is 0. The molecule has 0 saturated heterocycles. The summed E-state index contributed by atoms with van der Waals surface area (Å²) in [4.78, 5) is 0. The molecule has 1 unspecified atom stereocenters. The van der Waals surface area contributed by atoms with Gasteiger partial charge in [-0.2, -0.15) is 39.5 Å². The van der Waals surface area contributed by atoms with Gasteiger partial charge in [0.15, 0.2) is 0 Å². The maximum absolute atomic E-state index is 11.4. The van der Waals surface area contributed by atoms with E-state index in [9.17, 15) is 39.5 Å². The fourth-order valence-corrected chi connectivity index (χ4v) is 0.585. The van der Waals surface area contributed by atoms with Gasteiger partial charge in [-0.1, -0.05) is 170 Å². The van der Waals surface area contributed by atoms with Crippen molar-refractivity contribution in [1.29, 1.82) is 0 Å². The van der Waals surface area contributed by atoms with Gasteiger partial charge in [0.2, 0.25) is 0 Å². The molecule has 1 atom stereocenters. The monoisotopic (exact) mass is 673 g/mol. The SMILES string of the molecule is CC(C)C.CC(C)C(F)(F)F.CCC(C)C.CCC(C)C(F)(F)F.CCCCC.[2H]C(C)(C)C.[2H]C(C)(C)C(F)(F)F.[2H]C([2H])(C)CC. The van der Waals surface area contributed by atoms with Crippen LogP contribution in [0.3, 0.4) is 0 Å². The normalized spacial score (nSPS) is 13.5. The molecule has 0 aliphatic carbocycles. The van der Waals surface area contributed by atoms with Crippen LogP contribution in [0.25, 0.3) is 0 Å². The van der Waals surface area contributed by atoms with E-state index in [0.717, 1.165) is 39.5 Å². The predicted molar refractivity (Wildman–Crippen MR) is 179 cm³/mol. The van der Waals surface area contributed by atoms with Crippen molar-refractivity contribution in [1.82, 2.24) is 0 Å². The summed E-state index contributed by atoms with van der Waals surface area (Å²) < 4.78 is 129. The first-order valence-electron chi connectivity index (χ1n) is 17.9. The average molecular weight is 673 g/mol. The summed E-state index contributed by atoms with van der Waals surface area (Å²) in [7, 11) is 0. The first-order valence-corrected chi connectivity index (χ1v) is 15.9. The molecule has 0 amide bonds. The second kappa shape index (κ2) is 40.4. The molecule has 280 valence electrons. The van der Waals surface area contributed by atoms with Gasteiger partial charge in [0.1, 0.15) is 0 Å². The summed E-state index contributed by atoms with van der Waals surface area (Å²) in [6.45, 7) is 33.1. The third-order valence-corrected chi connectivity index (χ3v) is 4.27. The van der Waals surface area contributed by atoms with Crippen molar-refractivity contribution in [2.75, 3.05) is 0 Å². The molecule has 0 aromatic rings. The molecule has 0 spiro atoms. The van der Waals surface area contributed by atoms with E-state index in [0.29, 0.717) is 6.42 Å². The lowest BCUT2D eigenvalue weighted by atomic mass is 10.1. The number of hydrogen-bond acceptors (Lipinski definition) is 0. The number of alkyl halides is 9. The molecule has 44 heavy (non-hydrogen) atoms. The van der Waals surface area contributed by atoms with Crippen molar-refractivity contribution in [2.45, 2.75) is 195 Å². The molecule has 0 aromatic carbocycles. The Morgan fingerprint density at radius 3 is 0.705 bits per heavy atom. The van der Waals surface area contributed by atoms with Crippen molar-refractivity contribution in [3.63, 3.8) is 0 Å². The summed E-state index contributed by atoms with van der Waals surface area (Å²) in [6, 6.07) is 0. The summed E-state index contributed by atoms with van der Waals surface area (Å²) >= 11 is 0. The summed E-state index contributed by atoms with van der Waals surface area (Å²) in [5.74, 6) is -3.20. The van der Waals surface area contributed by atoms with Crippen LogP contribution in [0.15, 0.2) is 0 Å². The van der Waals surface area contributed by atoms with E-state index in [4.69, 9.17) is 5.48 Å². The van der Waals surface area contributed by atoms with Gasteiger partial charge in [-0.15, -0.1) is 0 Å². The Morgan fingerprint density at radius 1 is 0.500 bits per heavy atom. The molecule has 0 aliphatic rings. The van der Waals surface area contributed by atoms with Crippen LogP contribution in [0.2, 0.25) is 0 Å². The lowest BCUT2D eigenvalue weighted by molar-refractivity contribution is -0.170. The van der Waals surface area contributed by atoms with Gasteiger partial charge in [0.25, 0.3) is 0 Å². The molecular formula is C35H77F9. The highest BCUT2D eigenvalue weighted by Gasteiger charge is 2.34. The average Bonchev–Trinajstić information content (AvgIpc) is 2.81. The number of rotatable bonds is 5. The highest BCUT2D eigenvalue weighted by molar-refractivity contribution is 4.58. The third-order valence-electron chi connectivity index (χ3n) is 4.27. The molecule has 0 aromatic heterocycles. The molecule has 0 saturated carbocycles. The Morgan fingerprint density at radius 2 is 0.705 bits per heavy atom. The lowest BCUT2D eigenvalue weighted by Gasteiger charge is -2.11. The third kappa shape index (κ3) is 114. The minimum absolute atomic E-state index is 0.170. The lowest BCUT2D eigenvalue weighted by Crippen LogP contribution is -2.18. The summed E-state index contributed by atoms with van der Waals surface area (Å²) in [5.41, 5.74) is 0. The molecule has 9 heteroatoms. The minimum Gasteiger partial charge on any atom is -0.171 e. The first-order chi connectivity index (χ1) is 20.7. The molecule has 0 nitrogen and oxygen atoms in total. The van der Waals surface area contributed by atoms with E-state index in [-0.39, 0.29) is 12.3 Å². The van der Waals surface area contributed by atoms with Crippen molar-refractivity contribution in [3.8, 4) is 0 Å². The Hall–Kier alpha value is -0.630. The number of unbranched alkanes of at least 4 members (excludes halogenated alkanes) is 2. The smallest absolute Gasteiger partial charge is 0.171 e. The van der Waals surface area contributed by atoms with Crippen LogP contribution in [0.5, 0.6) is 0 Å². The van der Waals surface area contributed by atoms with E-state index in [1.165, 1.54) is 39.5 Å². The summed E-state index contributed by atoms with van der Waals surface area (Å²) in [6.07, 6.45) is -7.19. The van der Waals surface area contributed by atoms with Crippen LogP contribution in [0.4, 0.5) is 39.5 Å². The molecule has 0 rings (SSSR count). The molecule has 0 aliphatic heterocycles. The van der Waals surface area contributed by atoms with E-state index < -0.39 is 42.6 Å². The molecular weight excluding hydrogens is 591 g/mol. The molecule has 0 N–H and O–H groups in total. The summed E-state index contributed by atoms with van der Waals surface area (Å²) in [5, 5.41) is 0. The minimum atomic E-state index is -4.40. The zero-order chi connectivity index (χ0) is 41.6. The van der Waals surface area contributed by atoms with Gasteiger partial charge in [0.05, 0.1) is 5.92 Å². The van der Waals surface area contributed by atoms with Crippen LogP contribution < -0.4 is 0 Å². The van der Waals surface area contributed by atoms with Crippen LogP contribution >= 0.6 is 0 Å². The Kier molecular flexibility index (Phi) is 46.1. The van der Waals surface area contributed by atoms with Crippen molar-refractivity contribution < 1.29 is 45.0 Å². The van der Waals surface area contributed by atoms with Crippen molar-refractivity contribution in [2.24, 2.45) is 35.5 Å². The van der Waals surface area contributed by atoms with Gasteiger partial charge in [0, 0.05) is 17.3 Å². The van der Waals surface area contributed by atoms with Crippen LogP contribution in [0.1, 0.15) is 182 Å². The van der Waals surface area contributed by atoms with Gasteiger partial charge in [-0.05, 0) is 24.2 Å². The fourth-order valence-electron chi connectivity index (χ4n) is 0.585. The Bertz CT molecular complexity index is 588. The topological polar surface area (TPSA) is 0 Å². The second-order valence-electron chi connectivity index (χ2n) is 12.1. The highest BCUT2D eigenvalue weighted by Crippen LogP contribution is 2.27. The van der Waals surface area contributed by atoms with Crippen LogP contribution in [-0.2, 0) is 0 Å². The maximum Gasteiger partial charge on any atom is 0.391 e. The van der Waals surface area contributed by atoms with E-state index in [1.807, 2.05) is 27.7 Å². The Balaban J connectivity index is -0.0000000642. The first kappa shape index (κ1) is 50.2. The van der Waals surface area contributed by atoms with Gasteiger partial charge in [-0.3, -0.25) is 0 Å². The highest BCUT2D eigenvalue weighted by atomic mass is 19.4. The van der Waals surface area contributed by atoms with Gasteiger partial charge < -0.3 is 0 Å². The van der Waals surface area contributed by atoms with Crippen molar-refractivity contribution >= 4 is 0 Å². The van der Waals surface area contributed by atoms with E-state index in [1.54, 1.807) is 6.92 Å². The quantitative estimate of drug-likeness (QED) is 0.255. The van der Waals surface area contributed by atoms with Gasteiger partial charge in [-0.25, -0.2) is 0 Å². The number of halogens is 9. The molecule has 0 radical (unpaired) electrons. The second-order valence-corrected chi connectivity index (χ2v) is 12.1. The molecule has 0 bridgehead atoms. The standard InChI is InChI=1S/C5H9F3.2C5H12.2C4H7F3.3C4H10/c1-3-4(2)5(6,7)8;1-4-5(2)3;1-3-5-4-2;2*1-3(2)4(5,6)7;2*1-4(2)3;1-3-4-2/h4H,3H2,1-2H3;5H,4H2,1-3H3;3-5H2,1-2H3;2*3H,1-2H3;2*4H,1-3H3;3-4H2,1-2H3/i;;;3D;;4D;;3D2. The Labute approximate surface area is 275 Å². The predicted octanol–water partition coefficient (Wildman–Crippen LogP) is 16.4. The zero-order valence-corrected chi connectivity index (χ0v) is 32.0. The fraction of sp³-hybridized carbons (Fsp3) is 1.00. The zero-order valence-electron chi connectivity index (χ0n) is 36.0. The molecule has 0 fully saturated rings. The van der Waals surface area contributed by atoms with Gasteiger partial charge >= 0.3 is 18.5 Å². The largest absolute Gasteiger partial charge is 0.391 e. The van der Waals surface area contributed by atoms with E-state index >= 15 is 0 Å². The maximum atomic E-state index is 11.4. The van der Waals surface area contributed by atoms with Crippen molar-refractivity contribution in [3.05, 3.63) is 0 Å². The van der Waals surface area contributed by atoms with Crippen LogP contribution in [-0.4, -0.2) is 18.5 Å². The van der Waals surface area contributed by atoms with E-state index in [2.05, 4.69) is 55.4 Å².